The number of nitrogens with zero attached hydrogens (tertiary/aromatic N) is 3. The number of carbonyl (C=O) groups is 1. The lowest BCUT2D eigenvalue weighted by molar-refractivity contribution is 0.0695. The van der Waals surface area contributed by atoms with Crippen molar-refractivity contribution >= 4 is 39.7 Å². The van der Waals surface area contributed by atoms with Gasteiger partial charge in [-0.05, 0) is 54.8 Å². The molecule has 0 spiro atoms. The van der Waals surface area contributed by atoms with E-state index in [1.807, 2.05) is 82.3 Å². The summed E-state index contributed by atoms with van der Waals surface area (Å²) in [5.41, 5.74) is 5.55. The zero-order valence-electron chi connectivity index (χ0n) is 19.1. The van der Waals surface area contributed by atoms with Gasteiger partial charge in [-0.25, -0.2) is 9.78 Å². The lowest BCUT2D eigenvalue weighted by Gasteiger charge is -2.32. The summed E-state index contributed by atoms with van der Waals surface area (Å²) in [6.45, 7) is 1.28. The number of amides is 1. The smallest absolute Gasteiger partial charge is 0.326 e. The summed E-state index contributed by atoms with van der Waals surface area (Å²) in [5, 5.41) is 0.892. The van der Waals surface area contributed by atoms with E-state index in [0.717, 1.165) is 51.4 Å². The van der Waals surface area contributed by atoms with E-state index in [2.05, 4.69) is 15.0 Å². The molecule has 0 atom stereocenters. The average Bonchev–Trinajstić information content (AvgIpc) is 3.47. The Balaban J connectivity index is 1.07. The summed E-state index contributed by atoms with van der Waals surface area (Å²) in [6, 6.07) is 23.7. The molecule has 0 radical (unpaired) electrons. The number of hydrogen-bond donors (Lipinski definition) is 2. The fourth-order valence-corrected chi connectivity index (χ4v) is 5.68. The third-order valence-electron chi connectivity index (χ3n) is 6.68. The number of H-pyrrole nitrogens is 2. The molecule has 5 aromatic rings. The Bertz CT molecular complexity index is 1530. The summed E-state index contributed by atoms with van der Waals surface area (Å²) in [5.74, 6) is 0.824. The van der Waals surface area contributed by atoms with Crippen LogP contribution in [0.3, 0.4) is 0 Å². The van der Waals surface area contributed by atoms with Crippen molar-refractivity contribution in [3.8, 4) is 0 Å². The molecule has 1 amide bonds. The summed E-state index contributed by atoms with van der Waals surface area (Å²) in [6.07, 6.45) is 1.53. The van der Waals surface area contributed by atoms with Gasteiger partial charge in [0, 0.05) is 30.4 Å². The molecule has 3 aromatic carbocycles. The molecular formula is C27H25N5O2S. The maximum Gasteiger partial charge on any atom is 0.326 e. The summed E-state index contributed by atoms with van der Waals surface area (Å²) < 4.78 is 1.85. The first kappa shape index (κ1) is 21.7. The van der Waals surface area contributed by atoms with Crippen LogP contribution in [0.1, 0.15) is 34.8 Å². The first-order valence-electron chi connectivity index (χ1n) is 11.8. The highest BCUT2D eigenvalue weighted by atomic mass is 32.2. The molecule has 0 bridgehead atoms. The van der Waals surface area contributed by atoms with Crippen LogP contribution in [-0.2, 0) is 5.75 Å². The largest absolute Gasteiger partial charge is 0.338 e. The second kappa shape index (κ2) is 9.11. The van der Waals surface area contributed by atoms with Crippen LogP contribution >= 0.6 is 11.8 Å². The van der Waals surface area contributed by atoms with E-state index in [0.29, 0.717) is 18.7 Å². The predicted molar refractivity (Wildman–Crippen MR) is 139 cm³/mol. The summed E-state index contributed by atoms with van der Waals surface area (Å²) in [7, 11) is 0. The average molecular weight is 484 g/mol. The fourth-order valence-electron chi connectivity index (χ4n) is 4.84. The minimum absolute atomic E-state index is 0.0474. The van der Waals surface area contributed by atoms with Crippen LogP contribution in [0.5, 0.6) is 0 Å². The third kappa shape index (κ3) is 4.25. The van der Waals surface area contributed by atoms with Crippen LogP contribution in [0.25, 0.3) is 22.1 Å². The number of nitrogens with one attached hydrogen (secondary N) is 2. The lowest BCUT2D eigenvalue weighted by atomic mass is 10.0. The molecule has 35 heavy (non-hydrogen) atoms. The second-order valence-corrected chi connectivity index (χ2v) is 9.85. The monoisotopic (exact) mass is 483 g/mol. The Kier molecular flexibility index (Phi) is 5.66. The number of para-hydroxylation sites is 4. The van der Waals surface area contributed by atoms with Crippen molar-refractivity contribution in [2.45, 2.75) is 29.8 Å². The summed E-state index contributed by atoms with van der Waals surface area (Å²) >= 11 is 1.65. The van der Waals surface area contributed by atoms with Gasteiger partial charge >= 0.3 is 5.69 Å². The number of imidazole rings is 2. The van der Waals surface area contributed by atoms with Crippen molar-refractivity contribution in [2.75, 3.05) is 13.1 Å². The zero-order chi connectivity index (χ0) is 23.8. The number of carbonyl (C=O) groups excluding carboxylic acids is 1. The van der Waals surface area contributed by atoms with Gasteiger partial charge in [-0.2, -0.15) is 0 Å². The molecule has 3 heterocycles. The highest BCUT2D eigenvalue weighted by molar-refractivity contribution is 7.98. The normalized spacial score (nSPS) is 14.7. The molecule has 1 aliphatic heterocycles. The van der Waals surface area contributed by atoms with Crippen LogP contribution < -0.4 is 5.69 Å². The van der Waals surface area contributed by atoms with Gasteiger partial charge in [0.25, 0.3) is 5.91 Å². The third-order valence-corrected chi connectivity index (χ3v) is 7.63. The Labute approximate surface area is 206 Å². The number of benzene rings is 3. The fraction of sp³-hybridized carbons (Fsp3) is 0.222. The van der Waals surface area contributed by atoms with Gasteiger partial charge in [-0.15, -0.1) is 0 Å². The quantitative estimate of drug-likeness (QED) is 0.345. The Hall–Kier alpha value is -3.78. The molecule has 0 unspecified atom stereocenters. The number of fused-ring (bicyclic) bond motifs is 2. The van der Waals surface area contributed by atoms with Crippen LogP contribution in [-0.4, -0.2) is 43.4 Å². The number of rotatable bonds is 5. The number of thioether (sulfide) groups is 1. The number of likely N-dealkylation sites (tertiary alicyclic amines) is 1. The molecule has 1 saturated heterocycles. The number of aromatic nitrogens is 4. The van der Waals surface area contributed by atoms with Gasteiger partial charge in [0.2, 0.25) is 0 Å². The van der Waals surface area contributed by atoms with E-state index in [1.165, 1.54) is 0 Å². The van der Waals surface area contributed by atoms with Crippen LogP contribution in [0.2, 0.25) is 0 Å². The van der Waals surface area contributed by atoms with Crippen molar-refractivity contribution in [3.05, 3.63) is 94.4 Å². The number of piperidine rings is 1. The van der Waals surface area contributed by atoms with Gasteiger partial charge in [0.05, 0.1) is 22.1 Å². The standard InChI is InChI=1S/C27H25N5O2S/c33-25(31-15-13-20(14-16-31)32-24-8-4-3-7-23(24)30-27(32)34)19-11-9-18(10-12-19)17-35-26-28-21-5-1-2-6-22(21)29-26/h1-12,20H,13-17H2,(H,28,29)(H,30,34). The van der Waals surface area contributed by atoms with Gasteiger partial charge < -0.3 is 14.9 Å². The second-order valence-electron chi connectivity index (χ2n) is 8.89. The molecule has 8 heteroatoms. The molecule has 2 aromatic heterocycles. The minimum atomic E-state index is -0.0768. The van der Waals surface area contributed by atoms with Gasteiger partial charge in [0.15, 0.2) is 5.16 Å². The van der Waals surface area contributed by atoms with E-state index < -0.39 is 0 Å². The van der Waals surface area contributed by atoms with Gasteiger partial charge in [-0.3, -0.25) is 9.36 Å². The maximum atomic E-state index is 13.1. The topological polar surface area (TPSA) is 86.8 Å². The molecule has 6 rings (SSSR count). The van der Waals surface area contributed by atoms with Crippen LogP contribution in [0.15, 0.2) is 82.7 Å². The molecular weight excluding hydrogens is 458 g/mol. The van der Waals surface area contributed by atoms with Crippen molar-refractivity contribution < 1.29 is 4.79 Å². The summed E-state index contributed by atoms with van der Waals surface area (Å²) in [4.78, 5) is 38.4. The molecule has 1 fully saturated rings. The molecule has 2 N–H and O–H groups in total. The number of aromatic amines is 2. The Morgan fingerprint density at radius 2 is 1.63 bits per heavy atom. The van der Waals surface area contributed by atoms with E-state index >= 15 is 0 Å². The van der Waals surface area contributed by atoms with Crippen molar-refractivity contribution in [1.82, 2.24) is 24.4 Å². The van der Waals surface area contributed by atoms with Crippen molar-refractivity contribution in [1.29, 1.82) is 0 Å². The Morgan fingerprint density at radius 3 is 2.40 bits per heavy atom. The highest BCUT2D eigenvalue weighted by Crippen LogP contribution is 2.27. The molecule has 176 valence electrons. The lowest BCUT2D eigenvalue weighted by Crippen LogP contribution is -2.40. The maximum absolute atomic E-state index is 13.1. The molecule has 1 aliphatic rings. The van der Waals surface area contributed by atoms with Crippen molar-refractivity contribution in [2.24, 2.45) is 0 Å². The minimum Gasteiger partial charge on any atom is -0.338 e. The first-order valence-corrected chi connectivity index (χ1v) is 12.8. The number of hydrogen-bond acceptors (Lipinski definition) is 4. The predicted octanol–water partition coefficient (Wildman–Crippen LogP) is 4.98. The van der Waals surface area contributed by atoms with Crippen LogP contribution in [0, 0.1) is 0 Å². The molecule has 7 nitrogen and oxygen atoms in total. The highest BCUT2D eigenvalue weighted by Gasteiger charge is 2.26. The van der Waals surface area contributed by atoms with Gasteiger partial charge in [0.1, 0.15) is 0 Å². The Morgan fingerprint density at radius 1 is 0.914 bits per heavy atom. The van der Waals surface area contributed by atoms with Crippen molar-refractivity contribution in [3.63, 3.8) is 0 Å². The first-order chi connectivity index (χ1) is 17.2. The van der Waals surface area contributed by atoms with Crippen LogP contribution in [0.4, 0.5) is 0 Å². The van der Waals surface area contributed by atoms with E-state index in [-0.39, 0.29) is 17.6 Å². The molecule has 0 saturated carbocycles. The SMILES string of the molecule is O=C(c1ccc(CSc2nc3ccccc3[nH]2)cc1)N1CCC(n2c(=O)[nH]c3ccccc32)CC1. The van der Waals surface area contributed by atoms with E-state index in [1.54, 1.807) is 11.8 Å². The zero-order valence-corrected chi connectivity index (χ0v) is 19.9. The van der Waals surface area contributed by atoms with E-state index in [4.69, 9.17) is 0 Å². The van der Waals surface area contributed by atoms with E-state index in [9.17, 15) is 9.59 Å². The van der Waals surface area contributed by atoms with Gasteiger partial charge in [-0.1, -0.05) is 48.2 Å². The molecule has 0 aliphatic carbocycles.